The molecule has 6 N–H and O–H groups in total. The van der Waals surface area contributed by atoms with Crippen LogP contribution in [-0.4, -0.2) is 137 Å². The smallest absolute Gasteiger partial charge is 0.311 e. The lowest BCUT2D eigenvalue weighted by atomic mass is 9.72. The molecule has 11 aliphatic carbocycles. The third-order valence-corrected chi connectivity index (χ3v) is 35.7. The van der Waals surface area contributed by atoms with E-state index in [2.05, 4.69) is 41.5 Å². The summed E-state index contributed by atoms with van der Waals surface area (Å²) in [4.78, 5) is 73.2. The van der Waals surface area contributed by atoms with E-state index < -0.39 is 44.4 Å². The lowest BCUT2D eigenvalue weighted by Crippen LogP contribution is -2.45. The van der Waals surface area contributed by atoms with Gasteiger partial charge in [-0.1, -0.05) is 212 Å². The second kappa shape index (κ2) is 61.0. The van der Waals surface area contributed by atoms with Gasteiger partial charge in [0.05, 0.1) is 66.1 Å². The fourth-order valence-corrected chi connectivity index (χ4v) is 22.9. The Balaban J connectivity index is -0.000000286. The molecule has 0 spiro atoms. The molecule has 0 heterocycles. The first-order valence-electron chi connectivity index (χ1n) is 50.9. The third-order valence-electron chi connectivity index (χ3n) is 35.7. The molecule has 0 aromatic rings. The average Bonchev–Trinajstić information content (AvgIpc) is 1.61. The topological polar surface area (TPSA) is 279 Å². The molecular formula is C117H236O18. The maximum atomic E-state index is 12.3. The number of hydrogen-bond acceptors (Lipinski definition) is 18. The van der Waals surface area contributed by atoms with Crippen molar-refractivity contribution >= 4 is 35.8 Å². The van der Waals surface area contributed by atoms with Crippen LogP contribution in [0.1, 0.15) is 545 Å². The third kappa shape index (κ3) is 36.7. The van der Waals surface area contributed by atoms with Crippen LogP contribution in [0.5, 0.6) is 0 Å². The molecule has 18 nitrogen and oxygen atoms in total. The number of ether oxygens (including phenoxy) is 6. The molecule has 0 amide bonds. The van der Waals surface area contributed by atoms with Crippen LogP contribution < -0.4 is 0 Å². The molecular weight excluding hydrogens is 1690 g/mol. The SMILES string of the molecule is C.C.C.C.C.C.C.C.C.C.C.C.CCC(C)(C)C(=O)OC1CC2CC1C(C(O)(CC)CC)C2.CCC(C)(C)C(=O)OC1CC2CC1CC2C(O)(CC)CC.CCC(C)(C)C(=O)OC1CC2CC1CC2C1(O)CCCC1.CCC(C)(C)C(=O)OC1CCC(C(O)(CC)CC)CC1.CCC(C)(C)C(=O)OC1CCC(C2(O)CCCC2)CC1.CCC(C)(C)C(=O)OC1CCCC(C(O)(CC)CC)C1. The van der Waals surface area contributed by atoms with Gasteiger partial charge in [-0.15, -0.1) is 0 Å². The van der Waals surface area contributed by atoms with Gasteiger partial charge in [0.1, 0.15) is 36.6 Å². The van der Waals surface area contributed by atoms with Crippen LogP contribution in [0.2, 0.25) is 0 Å². The number of aliphatic hydroxyl groups is 6. The molecule has 11 rings (SSSR count). The quantitative estimate of drug-likeness (QED) is 0.0270. The van der Waals surface area contributed by atoms with Crippen molar-refractivity contribution in [3.63, 3.8) is 0 Å². The molecule has 18 heteroatoms. The van der Waals surface area contributed by atoms with Crippen LogP contribution in [0.3, 0.4) is 0 Å². The molecule has 812 valence electrons. The van der Waals surface area contributed by atoms with Crippen molar-refractivity contribution in [3.8, 4) is 0 Å². The van der Waals surface area contributed by atoms with Crippen LogP contribution in [0.4, 0.5) is 0 Å². The number of rotatable bonds is 32. The normalized spacial score (nSPS) is 27.7. The zero-order valence-corrected chi connectivity index (χ0v) is 83.4. The lowest BCUT2D eigenvalue weighted by Gasteiger charge is -2.40. The molecule has 135 heavy (non-hydrogen) atoms. The summed E-state index contributed by atoms with van der Waals surface area (Å²) in [6, 6.07) is 0. The Bertz CT molecular complexity index is 3120. The molecule has 0 radical (unpaired) electrons. The highest BCUT2D eigenvalue weighted by Gasteiger charge is 2.58. The Kier molecular flexibility index (Phi) is 65.3. The maximum Gasteiger partial charge on any atom is 0.311 e. The lowest BCUT2D eigenvalue weighted by molar-refractivity contribution is -0.167. The standard InChI is InChI=1S/C18H30O3.2C18H32O3.C17H30O3.2C17H32O3.12CH4/c1-4-17(2,3)16(19)21-15-11-12-9-13(15)10-14(12)18(20)7-5-6-8-18;1-6-17(4,5)16(19)21-15-11-12-9-13(15)10-14(12)18(20,7-2)8-3;1-6-17(4,5)16(19)21-15-11-12-9-13(15)14(10-12)18(20,7-2)8-3;1-4-16(2,3)15(18)20-14-9-7-13(8-10-14)17(19)11-5-6-12-17;1-6-16(4,5)15(18)20-14-11-9-13(10-12-14)17(19,7-2)8-3;1-6-16(4,5)15(18)20-14-11-9-10-13(12-14)17(19,7-2)8-3;;;;;;;;;;;;/h12-15,20H,4-11H2,1-3H3;2*12-15,20H,6-11H2,1-5H3;13-14,19H,4-12H2,1-3H3;2*13-14,19H,6-12H2,1-5H3;12*1H4. The highest BCUT2D eigenvalue weighted by molar-refractivity contribution is 5.78. The van der Waals surface area contributed by atoms with Crippen LogP contribution in [0.25, 0.3) is 0 Å². The molecule has 11 saturated carbocycles. The van der Waals surface area contributed by atoms with Crippen molar-refractivity contribution in [3.05, 3.63) is 0 Å². The van der Waals surface area contributed by atoms with Crippen molar-refractivity contribution < 1.29 is 87.8 Å². The predicted molar refractivity (Wildman–Crippen MR) is 572 cm³/mol. The van der Waals surface area contributed by atoms with E-state index in [-0.39, 0.29) is 189 Å². The molecule has 14 unspecified atom stereocenters. The molecule has 0 saturated heterocycles. The summed E-state index contributed by atoms with van der Waals surface area (Å²) in [7, 11) is 0. The van der Waals surface area contributed by atoms with Gasteiger partial charge in [0.15, 0.2) is 0 Å². The zero-order chi connectivity index (χ0) is 92.5. The molecule has 6 bridgehead atoms. The fourth-order valence-electron chi connectivity index (χ4n) is 22.9. The van der Waals surface area contributed by atoms with Gasteiger partial charge in [-0.25, -0.2) is 0 Å². The summed E-state index contributed by atoms with van der Waals surface area (Å²) in [6.07, 6.45) is 40.9. The minimum atomic E-state index is -0.592. The Morgan fingerprint density at radius 1 is 0.259 bits per heavy atom. The monoisotopic (exact) mass is 1930 g/mol. The molecule has 14 atom stereocenters. The van der Waals surface area contributed by atoms with Crippen LogP contribution in [0, 0.1) is 104 Å². The van der Waals surface area contributed by atoms with Gasteiger partial charge in [-0.3, -0.25) is 28.8 Å². The molecule has 0 aromatic heterocycles. The van der Waals surface area contributed by atoms with Crippen LogP contribution in [0.15, 0.2) is 0 Å². The van der Waals surface area contributed by atoms with Crippen molar-refractivity contribution in [1.29, 1.82) is 0 Å². The van der Waals surface area contributed by atoms with Crippen LogP contribution >= 0.6 is 0 Å². The largest absolute Gasteiger partial charge is 0.462 e. The summed E-state index contributed by atoms with van der Waals surface area (Å²) in [5.41, 5.74) is -5.36. The first kappa shape index (κ1) is 145. The predicted octanol–water partition coefficient (Wildman–Crippen LogP) is 31.2. The van der Waals surface area contributed by atoms with E-state index in [0.29, 0.717) is 65.1 Å². The molecule has 11 aliphatic rings. The van der Waals surface area contributed by atoms with Crippen molar-refractivity contribution in [2.24, 2.45) is 104 Å². The van der Waals surface area contributed by atoms with E-state index in [0.717, 1.165) is 263 Å². The maximum absolute atomic E-state index is 12.3. The van der Waals surface area contributed by atoms with Gasteiger partial charge in [0, 0.05) is 5.92 Å². The zero-order valence-electron chi connectivity index (χ0n) is 83.4. The second-order valence-corrected chi connectivity index (χ2v) is 45.3. The van der Waals surface area contributed by atoms with Gasteiger partial charge >= 0.3 is 35.8 Å². The van der Waals surface area contributed by atoms with E-state index >= 15 is 0 Å². The van der Waals surface area contributed by atoms with E-state index in [1.807, 2.05) is 138 Å². The summed E-state index contributed by atoms with van der Waals surface area (Å²) >= 11 is 0. The minimum Gasteiger partial charge on any atom is -0.462 e. The summed E-state index contributed by atoms with van der Waals surface area (Å²) in [6.45, 7) is 52.0. The van der Waals surface area contributed by atoms with Gasteiger partial charge in [-0.2, -0.15) is 0 Å². The number of carbonyl (C=O) groups excluding carboxylic acids is 6. The van der Waals surface area contributed by atoms with E-state index in [9.17, 15) is 59.4 Å². The van der Waals surface area contributed by atoms with Crippen molar-refractivity contribution in [2.45, 2.75) is 615 Å². The fraction of sp³-hybridized carbons (Fsp3) is 0.949. The van der Waals surface area contributed by atoms with Gasteiger partial charge in [-0.05, 0) is 399 Å². The molecule has 0 aliphatic heterocycles. The number of fused-ring (bicyclic) bond motifs is 6. The number of esters is 6. The number of carbonyl (C=O) groups is 6. The first-order valence-corrected chi connectivity index (χ1v) is 50.9. The first-order chi connectivity index (χ1) is 57.3. The second-order valence-electron chi connectivity index (χ2n) is 45.3. The van der Waals surface area contributed by atoms with Gasteiger partial charge in [0.25, 0.3) is 0 Å². The Hall–Kier alpha value is -3.42. The van der Waals surface area contributed by atoms with E-state index in [1.165, 1.54) is 12.8 Å². The van der Waals surface area contributed by atoms with E-state index in [4.69, 9.17) is 28.4 Å². The number of hydrogen-bond donors (Lipinski definition) is 6. The van der Waals surface area contributed by atoms with E-state index in [1.54, 1.807) is 0 Å². The highest BCUT2D eigenvalue weighted by atomic mass is 16.6. The average molecular weight is 1930 g/mol. The minimum absolute atomic E-state index is 0. The Labute approximate surface area is 838 Å². The highest BCUT2D eigenvalue weighted by Crippen LogP contribution is 2.59. The van der Waals surface area contributed by atoms with Gasteiger partial charge < -0.3 is 59.1 Å². The summed E-state index contributed by atoms with van der Waals surface area (Å²) in [5.74, 6) is 4.81. The van der Waals surface area contributed by atoms with Gasteiger partial charge in [0.2, 0.25) is 0 Å². The Morgan fingerprint density at radius 3 is 0.889 bits per heavy atom. The molecule has 0 aromatic carbocycles. The Morgan fingerprint density at radius 2 is 0.563 bits per heavy atom. The molecule has 11 fully saturated rings. The van der Waals surface area contributed by atoms with Crippen molar-refractivity contribution in [2.75, 3.05) is 0 Å². The summed E-state index contributed by atoms with van der Waals surface area (Å²) < 4.78 is 34.5. The van der Waals surface area contributed by atoms with Crippen LogP contribution in [-0.2, 0) is 57.2 Å². The van der Waals surface area contributed by atoms with Crippen molar-refractivity contribution in [1.82, 2.24) is 0 Å². The summed E-state index contributed by atoms with van der Waals surface area (Å²) in [5, 5.41) is 64.4.